The van der Waals surface area contributed by atoms with Crippen LogP contribution in [0.5, 0.6) is 0 Å². The molecule has 1 aliphatic rings. The van der Waals surface area contributed by atoms with Gasteiger partial charge in [0.05, 0.1) is 4.92 Å². The van der Waals surface area contributed by atoms with Gasteiger partial charge in [0, 0.05) is 35.8 Å². The Morgan fingerprint density at radius 2 is 2.19 bits per heavy atom. The zero-order valence-corrected chi connectivity index (χ0v) is 12.7. The Hall–Kier alpha value is -1.63. The van der Waals surface area contributed by atoms with E-state index in [0.717, 1.165) is 25.1 Å². The molecular formula is C13H15Cl2N3O3. The molecule has 0 atom stereocenters. The third-order valence-corrected chi connectivity index (χ3v) is 3.21. The molecule has 0 radical (unpaired) electrons. The second kappa shape index (κ2) is 7.97. The Kier molecular flexibility index (Phi) is 6.61. The summed E-state index contributed by atoms with van der Waals surface area (Å²) in [5, 5.41) is 16.8. The molecule has 0 fully saturated rings. The molecule has 21 heavy (non-hydrogen) atoms. The van der Waals surface area contributed by atoms with Gasteiger partial charge in [-0.2, -0.15) is 0 Å². The van der Waals surface area contributed by atoms with E-state index in [0.29, 0.717) is 6.54 Å². The number of nitrogens with one attached hydrogen (secondary N) is 2. The number of carbonyl (C=O) groups is 1. The van der Waals surface area contributed by atoms with E-state index in [2.05, 4.69) is 10.6 Å². The number of hydrogen-bond acceptors (Lipinski definition) is 4. The monoisotopic (exact) mass is 331 g/mol. The van der Waals surface area contributed by atoms with Crippen LogP contribution in [0.25, 0.3) is 0 Å². The molecule has 1 aromatic carbocycles. The molecule has 1 aliphatic heterocycles. The fourth-order valence-corrected chi connectivity index (χ4v) is 2.17. The maximum Gasteiger partial charge on any atom is 0.271 e. The highest BCUT2D eigenvalue weighted by molar-refractivity contribution is 6.31. The van der Waals surface area contributed by atoms with Gasteiger partial charge in [-0.15, -0.1) is 12.4 Å². The lowest BCUT2D eigenvalue weighted by Crippen LogP contribution is -2.29. The van der Waals surface area contributed by atoms with Crippen molar-refractivity contribution in [2.45, 2.75) is 6.42 Å². The number of nitro groups is 1. The second-order valence-corrected chi connectivity index (χ2v) is 4.89. The fourth-order valence-electron chi connectivity index (χ4n) is 1.94. The van der Waals surface area contributed by atoms with Crippen LogP contribution in [0.2, 0.25) is 5.02 Å². The summed E-state index contributed by atoms with van der Waals surface area (Å²) < 4.78 is 0. The second-order valence-electron chi connectivity index (χ2n) is 4.45. The highest BCUT2D eigenvalue weighted by atomic mass is 35.5. The van der Waals surface area contributed by atoms with Crippen molar-refractivity contribution in [2.24, 2.45) is 0 Å². The summed E-state index contributed by atoms with van der Waals surface area (Å²) in [6, 6.07) is 3.85. The van der Waals surface area contributed by atoms with E-state index in [1.54, 1.807) is 0 Å². The zero-order valence-electron chi connectivity index (χ0n) is 11.1. The van der Waals surface area contributed by atoms with Crippen molar-refractivity contribution in [3.05, 3.63) is 50.5 Å². The van der Waals surface area contributed by atoms with Crippen molar-refractivity contribution >= 4 is 35.6 Å². The van der Waals surface area contributed by atoms with E-state index < -0.39 is 4.92 Å². The Balaban J connectivity index is 0.00000220. The first-order chi connectivity index (χ1) is 9.56. The quantitative estimate of drug-likeness (QED) is 0.503. The highest BCUT2D eigenvalue weighted by Crippen LogP contribution is 2.20. The lowest BCUT2D eigenvalue weighted by atomic mass is 10.1. The van der Waals surface area contributed by atoms with Crippen LogP contribution in [0.1, 0.15) is 16.8 Å². The summed E-state index contributed by atoms with van der Waals surface area (Å²) in [7, 11) is 0. The van der Waals surface area contributed by atoms with Crippen LogP contribution >= 0.6 is 24.0 Å². The number of benzene rings is 1. The Morgan fingerprint density at radius 3 is 2.81 bits per heavy atom. The highest BCUT2D eigenvalue weighted by Gasteiger charge is 2.14. The van der Waals surface area contributed by atoms with Crippen LogP contribution in [0, 0.1) is 10.1 Å². The smallest absolute Gasteiger partial charge is 0.271 e. The molecule has 2 N–H and O–H groups in total. The molecule has 1 amide bonds. The molecule has 0 unspecified atom stereocenters. The van der Waals surface area contributed by atoms with Gasteiger partial charge in [-0.1, -0.05) is 23.3 Å². The number of rotatable bonds is 4. The molecule has 0 saturated heterocycles. The van der Waals surface area contributed by atoms with Gasteiger partial charge in [0.1, 0.15) is 0 Å². The van der Waals surface area contributed by atoms with Gasteiger partial charge in [0.2, 0.25) is 0 Å². The number of nitro benzene ring substituents is 1. The third-order valence-electron chi connectivity index (χ3n) is 2.99. The van der Waals surface area contributed by atoms with Gasteiger partial charge in [-0.05, 0) is 19.0 Å². The third kappa shape index (κ3) is 5.00. The average Bonchev–Trinajstić information content (AvgIpc) is 2.45. The van der Waals surface area contributed by atoms with Crippen molar-refractivity contribution in [2.75, 3.05) is 19.6 Å². The first-order valence-electron chi connectivity index (χ1n) is 6.18. The summed E-state index contributed by atoms with van der Waals surface area (Å²) in [5.74, 6) is -0.366. The molecule has 114 valence electrons. The molecule has 1 heterocycles. The molecule has 8 heteroatoms. The van der Waals surface area contributed by atoms with Gasteiger partial charge in [-0.25, -0.2) is 0 Å². The van der Waals surface area contributed by atoms with Crippen LogP contribution in [0.4, 0.5) is 5.69 Å². The van der Waals surface area contributed by atoms with Gasteiger partial charge in [0.15, 0.2) is 0 Å². The fraction of sp³-hybridized carbons (Fsp3) is 0.308. The minimum Gasteiger partial charge on any atom is -0.348 e. The molecule has 0 spiro atoms. The number of halogens is 2. The first kappa shape index (κ1) is 17.4. The van der Waals surface area contributed by atoms with Crippen molar-refractivity contribution in [3.63, 3.8) is 0 Å². The molecule has 0 aromatic heterocycles. The minimum atomic E-state index is -0.571. The van der Waals surface area contributed by atoms with Crippen molar-refractivity contribution in [1.82, 2.24) is 10.6 Å². The summed E-state index contributed by atoms with van der Waals surface area (Å²) >= 11 is 5.78. The number of nitrogens with zero attached hydrogens (tertiary/aromatic N) is 1. The van der Waals surface area contributed by atoms with E-state index in [1.165, 1.54) is 18.2 Å². The van der Waals surface area contributed by atoms with Crippen LogP contribution in [-0.2, 0) is 0 Å². The van der Waals surface area contributed by atoms with Crippen LogP contribution in [-0.4, -0.2) is 30.5 Å². The maximum atomic E-state index is 12.0. The van der Waals surface area contributed by atoms with E-state index in [4.69, 9.17) is 11.6 Å². The van der Waals surface area contributed by atoms with E-state index >= 15 is 0 Å². The Bertz CT molecular complexity index is 576. The van der Waals surface area contributed by atoms with Crippen LogP contribution < -0.4 is 10.6 Å². The molecule has 2 rings (SSSR count). The Morgan fingerprint density at radius 1 is 1.43 bits per heavy atom. The standard InChI is InChI=1S/C13H14ClN3O3.ClH/c14-11-5-10(6-12(7-11)17(19)20)13(18)16-8-9-1-3-15-4-2-9;/h1,5-7,15H,2-4,8H2,(H,16,18);1H. The summed E-state index contributed by atoms with van der Waals surface area (Å²) in [4.78, 5) is 22.1. The molecule has 6 nitrogen and oxygen atoms in total. The number of non-ortho nitro benzene ring substituents is 1. The molecule has 0 saturated carbocycles. The topological polar surface area (TPSA) is 84.3 Å². The van der Waals surface area contributed by atoms with E-state index in [1.807, 2.05) is 6.08 Å². The summed E-state index contributed by atoms with van der Waals surface area (Å²) in [6.45, 7) is 2.14. The summed E-state index contributed by atoms with van der Waals surface area (Å²) in [6.07, 6.45) is 2.92. The van der Waals surface area contributed by atoms with Gasteiger partial charge >= 0.3 is 0 Å². The average molecular weight is 332 g/mol. The Labute approximate surface area is 133 Å². The van der Waals surface area contributed by atoms with Crippen molar-refractivity contribution in [1.29, 1.82) is 0 Å². The SMILES string of the molecule is Cl.O=C(NCC1=CCNCC1)c1cc(Cl)cc([N+](=O)[O-])c1. The largest absolute Gasteiger partial charge is 0.348 e. The predicted molar refractivity (Wildman–Crippen MR) is 83.3 cm³/mol. The van der Waals surface area contributed by atoms with Crippen LogP contribution in [0.3, 0.4) is 0 Å². The number of carbonyl (C=O) groups excluding carboxylic acids is 1. The zero-order chi connectivity index (χ0) is 14.5. The van der Waals surface area contributed by atoms with Crippen molar-refractivity contribution in [3.8, 4) is 0 Å². The lowest BCUT2D eigenvalue weighted by molar-refractivity contribution is -0.384. The van der Waals surface area contributed by atoms with Gasteiger partial charge < -0.3 is 10.6 Å². The van der Waals surface area contributed by atoms with E-state index in [-0.39, 0.29) is 34.6 Å². The normalized spacial score (nSPS) is 13.9. The predicted octanol–water partition coefficient (Wildman–Crippen LogP) is 2.32. The number of hydrogen-bond donors (Lipinski definition) is 2. The van der Waals surface area contributed by atoms with Crippen LogP contribution in [0.15, 0.2) is 29.8 Å². The first-order valence-corrected chi connectivity index (χ1v) is 6.56. The van der Waals surface area contributed by atoms with Gasteiger partial charge in [0.25, 0.3) is 11.6 Å². The maximum absolute atomic E-state index is 12.0. The summed E-state index contributed by atoms with van der Waals surface area (Å²) in [5.41, 5.74) is 1.15. The van der Waals surface area contributed by atoms with E-state index in [9.17, 15) is 14.9 Å². The lowest BCUT2D eigenvalue weighted by Gasteiger charge is -2.14. The minimum absolute atomic E-state index is 0. The molecule has 0 aliphatic carbocycles. The van der Waals surface area contributed by atoms with Gasteiger partial charge in [-0.3, -0.25) is 14.9 Å². The molecule has 1 aromatic rings. The number of amides is 1. The van der Waals surface area contributed by atoms with Crippen molar-refractivity contribution < 1.29 is 9.72 Å². The molecule has 0 bridgehead atoms. The molecular weight excluding hydrogens is 317 g/mol.